The van der Waals surface area contributed by atoms with E-state index in [-0.39, 0.29) is 12.5 Å². The Morgan fingerprint density at radius 3 is 2.89 bits per heavy atom. The van der Waals surface area contributed by atoms with Crippen LogP contribution in [0.2, 0.25) is 0 Å². The second-order valence-corrected chi connectivity index (χ2v) is 5.68. The summed E-state index contributed by atoms with van der Waals surface area (Å²) in [5, 5.41) is 14.8. The average molecular weight is 365 g/mol. The molecule has 4 rings (SSSR count). The molecule has 0 aliphatic heterocycles. The standard InChI is InChI=1S/C17H15N7O3/c1-10-20-17(27-23-10)11-5-6-24-13(7-11)21-22-14(24)9-19-16(25)12-3-4-15(26-2)18-8-12/h3-8H,9H2,1-2H3,(H,19,25). The van der Waals surface area contributed by atoms with Crippen LogP contribution >= 0.6 is 0 Å². The van der Waals surface area contributed by atoms with E-state index in [1.54, 1.807) is 35.7 Å². The maximum Gasteiger partial charge on any atom is 0.258 e. The highest BCUT2D eigenvalue weighted by Gasteiger charge is 2.12. The van der Waals surface area contributed by atoms with Gasteiger partial charge in [0.1, 0.15) is 0 Å². The molecule has 0 saturated heterocycles. The van der Waals surface area contributed by atoms with Gasteiger partial charge in [0.15, 0.2) is 17.3 Å². The molecule has 0 bridgehead atoms. The van der Waals surface area contributed by atoms with Gasteiger partial charge in [0.2, 0.25) is 5.88 Å². The number of nitrogens with one attached hydrogen (secondary N) is 1. The Hall–Kier alpha value is -3.82. The number of pyridine rings is 2. The molecule has 0 aromatic carbocycles. The highest BCUT2D eigenvalue weighted by molar-refractivity contribution is 5.93. The Morgan fingerprint density at radius 1 is 1.30 bits per heavy atom. The van der Waals surface area contributed by atoms with E-state index in [2.05, 4.69) is 30.6 Å². The van der Waals surface area contributed by atoms with Crippen LogP contribution in [0.25, 0.3) is 17.1 Å². The average Bonchev–Trinajstić information content (AvgIpc) is 3.31. The molecule has 27 heavy (non-hydrogen) atoms. The molecule has 0 aliphatic carbocycles. The molecule has 10 heteroatoms. The molecule has 0 radical (unpaired) electrons. The molecule has 4 aromatic rings. The van der Waals surface area contributed by atoms with E-state index in [0.29, 0.717) is 34.6 Å². The minimum absolute atomic E-state index is 0.213. The number of carbonyl (C=O) groups is 1. The number of hydrogen-bond acceptors (Lipinski definition) is 8. The van der Waals surface area contributed by atoms with Gasteiger partial charge in [-0.1, -0.05) is 5.16 Å². The minimum Gasteiger partial charge on any atom is -0.481 e. The van der Waals surface area contributed by atoms with E-state index >= 15 is 0 Å². The molecule has 0 aliphatic rings. The summed E-state index contributed by atoms with van der Waals surface area (Å²) in [7, 11) is 1.52. The summed E-state index contributed by atoms with van der Waals surface area (Å²) >= 11 is 0. The largest absolute Gasteiger partial charge is 0.481 e. The number of hydrogen-bond donors (Lipinski definition) is 1. The lowest BCUT2D eigenvalue weighted by Gasteiger charge is -2.05. The predicted octanol–water partition coefficient (Wildman–Crippen LogP) is 1.42. The van der Waals surface area contributed by atoms with Crippen LogP contribution in [0.5, 0.6) is 5.88 Å². The van der Waals surface area contributed by atoms with Crippen LogP contribution < -0.4 is 10.1 Å². The fraction of sp³-hybridized carbons (Fsp3) is 0.176. The SMILES string of the molecule is COc1ccc(C(=O)NCc2nnc3cc(-c4nc(C)no4)ccn23)cn1. The number of amides is 1. The number of ether oxygens (including phenoxy) is 1. The van der Waals surface area contributed by atoms with Gasteiger partial charge in [-0.15, -0.1) is 10.2 Å². The normalized spacial score (nSPS) is 10.9. The van der Waals surface area contributed by atoms with E-state index in [0.717, 1.165) is 5.56 Å². The number of carbonyl (C=O) groups excluding carboxylic acids is 1. The maximum atomic E-state index is 12.2. The van der Waals surface area contributed by atoms with Crippen molar-refractivity contribution >= 4 is 11.6 Å². The quantitative estimate of drug-likeness (QED) is 0.564. The molecule has 136 valence electrons. The molecule has 0 unspecified atom stereocenters. The second kappa shape index (κ2) is 6.83. The highest BCUT2D eigenvalue weighted by atomic mass is 16.5. The van der Waals surface area contributed by atoms with Gasteiger partial charge in [-0.05, 0) is 25.1 Å². The topological polar surface area (TPSA) is 120 Å². The van der Waals surface area contributed by atoms with Crippen molar-refractivity contribution in [2.75, 3.05) is 7.11 Å². The summed E-state index contributed by atoms with van der Waals surface area (Å²) < 4.78 is 11.9. The fourth-order valence-corrected chi connectivity index (χ4v) is 2.51. The lowest BCUT2D eigenvalue weighted by atomic mass is 10.2. The summed E-state index contributed by atoms with van der Waals surface area (Å²) in [6.45, 7) is 1.97. The molecule has 4 aromatic heterocycles. The Balaban J connectivity index is 1.49. The van der Waals surface area contributed by atoms with E-state index in [4.69, 9.17) is 9.26 Å². The van der Waals surface area contributed by atoms with Gasteiger partial charge < -0.3 is 14.6 Å². The number of fused-ring (bicyclic) bond motifs is 1. The Kier molecular flexibility index (Phi) is 4.21. The first-order valence-corrected chi connectivity index (χ1v) is 8.06. The zero-order valence-corrected chi connectivity index (χ0v) is 14.6. The predicted molar refractivity (Wildman–Crippen MR) is 93.0 cm³/mol. The number of nitrogens with zero attached hydrogens (tertiary/aromatic N) is 6. The summed E-state index contributed by atoms with van der Waals surface area (Å²) in [5.41, 5.74) is 1.78. The van der Waals surface area contributed by atoms with Gasteiger partial charge in [0.05, 0.1) is 19.2 Å². The zero-order valence-electron chi connectivity index (χ0n) is 14.6. The van der Waals surface area contributed by atoms with Crippen molar-refractivity contribution in [1.29, 1.82) is 0 Å². The van der Waals surface area contributed by atoms with E-state index < -0.39 is 0 Å². The van der Waals surface area contributed by atoms with Gasteiger partial charge in [-0.25, -0.2) is 4.98 Å². The first-order chi connectivity index (χ1) is 13.1. The number of rotatable bonds is 5. The summed E-state index contributed by atoms with van der Waals surface area (Å²) in [6.07, 6.45) is 3.25. The molecule has 4 heterocycles. The number of aryl methyl sites for hydroxylation is 1. The van der Waals surface area contributed by atoms with Crippen molar-refractivity contribution in [2.24, 2.45) is 0 Å². The molecule has 0 atom stereocenters. The third-order valence-electron chi connectivity index (χ3n) is 3.87. The summed E-state index contributed by atoms with van der Waals surface area (Å²) in [6, 6.07) is 6.88. The van der Waals surface area contributed by atoms with Crippen molar-refractivity contribution in [3.8, 4) is 17.3 Å². The number of methoxy groups -OCH3 is 1. The Labute approximate surface area is 153 Å². The maximum absolute atomic E-state index is 12.2. The van der Waals surface area contributed by atoms with Crippen LogP contribution in [0.15, 0.2) is 41.2 Å². The van der Waals surface area contributed by atoms with Gasteiger partial charge in [0, 0.05) is 24.0 Å². The van der Waals surface area contributed by atoms with Crippen LogP contribution in [0.1, 0.15) is 22.0 Å². The molecule has 1 amide bonds. The first-order valence-electron chi connectivity index (χ1n) is 8.06. The lowest BCUT2D eigenvalue weighted by molar-refractivity contribution is 0.0949. The Bertz CT molecular complexity index is 1100. The third kappa shape index (κ3) is 3.32. The van der Waals surface area contributed by atoms with Crippen molar-refractivity contribution < 1.29 is 14.1 Å². The third-order valence-corrected chi connectivity index (χ3v) is 3.87. The van der Waals surface area contributed by atoms with Gasteiger partial charge in [-0.3, -0.25) is 9.20 Å². The van der Waals surface area contributed by atoms with Crippen molar-refractivity contribution in [3.05, 3.63) is 53.9 Å². The molecular weight excluding hydrogens is 350 g/mol. The molecule has 0 spiro atoms. The molecule has 0 saturated carbocycles. The van der Waals surface area contributed by atoms with Crippen LogP contribution in [0.4, 0.5) is 0 Å². The van der Waals surface area contributed by atoms with Crippen molar-refractivity contribution in [2.45, 2.75) is 13.5 Å². The van der Waals surface area contributed by atoms with Crippen LogP contribution in [-0.4, -0.2) is 42.7 Å². The monoisotopic (exact) mass is 365 g/mol. The summed E-state index contributed by atoms with van der Waals surface area (Å²) in [4.78, 5) is 20.5. The highest BCUT2D eigenvalue weighted by Crippen LogP contribution is 2.18. The minimum atomic E-state index is -0.264. The second-order valence-electron chi connectivity index (χ2n) is 5.68. The van der Waals surface area contributed by atoms with Crippen LogP contribution in [-0.2, 0) is 6.54 Å². The fourth-order valence-electron chi connectivity index (χ4n) is 2.51. The molecule has 0 fully saturated rings. The van der Waals surface area contributed by atoms with E-state index in [1.165, 1.54) is 13.3 Å². The van der Waals surface area contributed by atoms with Gasteiger partial charge in [0.25, 0.3) is 11.8 Å². The molecular formula is C17H15N7O3. The van der Waals surface area contributed by atoms with Crippen molar-refractivity contribution in [3.63, 3.8) is 0 Å². The summed E-state index contributed by atoms with van der Waals surface area (Å²) in [5.74, 6) is 1.75. The Morgan fingerprint density at radius 2 is 2.19 bits per heavy atom. The molecule has 10 nitrogen and oxygen atoms in total. The van der Waals surface area contributed by atoms with E-state index in [9.17, 15) is 4.79 Å². The van der Waals surface area contributed by atoms with Crippen LogP contribution in [0.3, 0.4) is 0 Å². The van der Waals surface area contributed by atoms with Crippen LogP contribution in [0, 0.1) is 6.92 Å². The van der Waals surface area contributed by atoms with E-state index in [1.807, 2.05) is 6.07 Å². The first kappa shape index (κ1) is 16.6. The smallest absolute Gasteiger partial charge is 0.258 e. The van der Waals surface area contributed by atoms with Gasteiger partial charge in [-0.2, -0.15) is 4.98 Å². The van der Waals surface area contributed by atoms with Gasteiger partial charge >= 0.3 is 0 Å². The lowest BCUT2D eigenvalue weighted by Crippen LogP contribution is -2.24. The molecule has 1 N–H and O–H groups in total. The number of aromatic nitrogens is 6. The zero-order chi connectivity index (χ0) is 18.8. The van der Waals surface area contributed by atoms with Crippen molar-refractivity contribution in [1.82, 2.24) is 35.0 Å².